The van der Waals surface area contributed by atoms with E-state index in [1.165, 1.54) is 6.33 Å². The first kappa shape index (κ1) is 10.8. The molecule has 2 aromatic rings. The van der Waals surface area contributed by atoms with Crippen molar-refractivity contribution < 1.29 is 9.53 Å². The molecule has 1 unspecified atom stereocenters. The van der Waals surface area contributed by atoms with Crippen LogP contribution >= 0.6 is 0 Å². The number of para-hydroxylation sites is 1. The lowest BCUT2D eigenvalue weighted by atomic mass is 10.1. The van der Waals surface area contributed by atoms with E-state index in [0.717, 1.165) is 11.3 Å². The van der Waals surface area contributed by atoms with Crippen molar-refractivity contribution in [1.82, 2.24) is 20.5 Å². The van der Waals surface area contributed by atoms with Crippen LogP contribution in [0.25, 0.3) is 0 Å². The Morgan fingerprint density at radius 2 is 2.39 bits per heavy atom. The van der Waals surface area contributed by atoms with Crippen LogP contribution in [-0.4, -0.2) is 27.2 Å². The molecule has 0 saturated carbocycles. The Morgan fingerprint density at radius 3 is 3.17 bits per heavy atom. The molecule has 0 radical (unpaired) electrons. The van der Waals surface area contributed by atoms with Crippen LogP contribution in [-0.2, 0) is 17.8 Å². The van der Waals surface area contributed by atoms with Gasteiger partial charge in [-0.25, -0.2) is 4.98 Å². The number of aromatic nitrogens is 3. The molecule has 1 aliphatic heterocycles. The Balaban J connectivity index is 1.59. The number of fused-ring (bicyclic) bond motifs is 1. The molecule has 3 rings (SSSR count). The van der Waals surface area contributed by atoms with Gasteiger partial charge in [-0.1, -0.05) is 18.2 Å². The van der Waals surface area contributed by atoms with Crippen molar-refractivity contribution in [2.24, 2.45) is 0 Å². The SMILES string of the molecule is O=C(NCc1ncn[nH]1)C1Cc2ccccc2O1. The topological polar surface area (TPSA) is 79.9 Å². The van der Waals surface area contributed by atoms with Crippen LogP contribution in [0.4, 0.5) is 0 Å². The molecule has 6 heteroatoms. The Kier molecular flexibility index (Phi) is 2.68. The molecule has 0 saturated heterocycles. The summed E-state index contributed by atoms with van der Waals surface area (Å²) in [5.74, 6) is 1.28. The van der Waals surface area contributed by atoms with E-state index in [1.807, 2.05) is 24.3 Å². The van der Waals surface area contributed by atoms with Crippen LogP contribution in [0.1, 0.15) is 11.4 Å². The molecule has 92 valence electrons. The first-order chi connectivity index (χ1) is 8.83. The van der Waals surface area contributed by atoms with Gasteiger partial charge in [0.25, 0.3) is 5.91 Å². The highest BCUT2D eigenvalue weighted by Crippen LogP contribution is 2.28. The van der Waals surface area contributed by atoms with E-state index >= 15 is 0 Å². The zero-order chi connectivity index (χ0) is 12.4. The summed E-state index contributed by atoms with van der Waals surface area (Å²) in [4.78, 5) is 15.8. The van der Waals surface area contributed by atoms with Gasteiger partial charge in [0, 0.05) is 6.42 Å². The molecule has 1 aromatic heterocycles. The number of nitrogens with one attached hydrogen (secondary N) is 2. The predicted octanol–water partition coefficient (Wildman–Crippen LogP) is 0.425. The fourth-order valence-corrected chi connectivity index (χ4v) is 1.93. The number of carbonyl (C=O) groups excluding carboxylic acids is 1. The lowest BCUT2D eigenvalue weighted by Crippen LogP contribution is -2.37. The van der Waals surface area contributed by atoms with Crippen molar-refractivity contribution in [2.45, 2.75) is 19.1 Å². The molecular formula is C12H12N4O2. The predicted molar refractivity (Wildman–Crippen MR) is 62.8 cm³/mol. The number of H-pyrrole nitrogens is 1. The quantitative estimate of drug-likeness (QED) is 0.820. The average molecular weight is 244 g/mol. The maximum Gasteiger partial charge on any atom is 0.261 e. The number of hydrogen-bond acceptors (Lipinski definition) is 4. The zero-order valence-electron chi connectivity index (χ0n) is 9.59. The van der Waals surface area contributed by atoms with Crippen molar-refractivity contribution >= 4 is 5.91 Å². The summed E-state index contributed by atoms with van der Waals surface area (Å²) >= 11 is 0. The minimum absolute atomic E-state index is 0.136. The molecule has 0 aliphatic carbocycles. The van der Waals surface area contributed by atoms with E-state index in [2.05, 4.69) is 20.5 Å². The number of rotatable bonds is 3. The maximum absolute atomic E-state index is 11.9. The highest BCUT2D eigenvalue weighted by atomic mass is 16.5. The van der Waals surface area contributed by atoms with Crippen molar-refractivity contribution in [2.75, 3.05) is 0 Å². The van der Waals surface area contributed by atoms with Crippen molar-refractivity contribution in [3.05, 3.63) is 42.0 Å². The first-order valence-electron chi connectivity index (χ1n) is 5.69. The summed E-state index contributed by atoms with van der Waals surface area (Å²) < 4.78 is 5.58. The number of carbonyl (C=O) groups is 1. The molecule has 1 aliphatic rings. The fraction of sp³-hybridized carbons (Fsp3) is 0.250. The molecule has 0 spiro atoms. The minimum atomic E-state index is -0.453. The van der Waals surface area contributed by atoms with Crippen LogP contribution < -0.4 is 10.1 Å². The van der Waals surface area contributed by atoms with Gasteiger partial charge in [0.2, 0.25) is 0 Å². The zero-order valence-corrected chi connectivity index (χ0v) is 9.59. The van der Waals surface area contributed by atoms with Gasteiger partial charge in [0.15, 0.2) is 6.10 Å². The van der Waals surface area contributed by atoms with Gasteiger partial charge in [-0.2, -0.15) is 5.10 Å². The van der Waals surface area contributed by atoms with Gasteiger partial charge < -0.3 is 10.1 Å². The third kappa shape index (κ3) is 2.04. The largest absolute Gasteiger partial charge is 0.480 e. The molecule has 6 nitrogen and oxygen atoms in total. The summed E-state index contributed by atoms with van der Waals surface area (Å²) in [6, 6.07) is 7.68. The Hall–Kier alpha value is -2.37. The van der Waals surface area contributed by atoms with Gasteiger partial charge in [0.05, 0.1) is 6.54 Å². The van der Waals surface area contributed by atoms with Gasteiger partial charge in [0.1, 0.15) is 17.9 Å². The smallest absolute Gasteiger partial charge is 0.261 e. The standard InChI is InChI=1S/C12H12N4O2/c17-12(13-6-11-14-7-15-16-11)10-5-8-3-1-2-4-9(8)18-10/h1-4,7,10H,5-6H2,(H,13,17)(H,14,15,16). The maximum atomic E-state index is 11.9. The normalized spacial score (nSPS) is 17.0. The van der Waals surface area contributed by atoms with Gasteiger partial charge in [-0.15, -0.1) is 0 Å². The third-order valence-electron chi connectivity index (χ3n) is 2.83. The van der Waals surface area contributed by atoms with Gasteiger partial charge >= 0.3 is 0 Å². The molecule has 2 heterocycles. The van der Waals surface area contributed by atoms with Crippen LogP contribution in [0.3, 0.4) is 0 Å². The van der Waals surface area contributed by atoms with Crippen LogP contribution in [0.5, 0.6) is 5.75 Å². The lowest BCUT2D eigenvalue weighted by Gasteiger charge is -2.10. The van der Waals surface area contributed by atoms with Crippen molar-refractivity contribution in [3.8, 4) is 5.75 Å². The van der Waals surface area contributed by atoms with Crippen LogP contribution in [0, 0.1) is 0 Å². The second-order valence-electron chi connectivity index (χ2n) is 4.07. The van der Waals surface area contributed by atoms with E-state index in [9.17, 15) is 4.79 Å². The summed E-state index contributed by atoms with van der Waals surface area (Å²) in [6.07, 6.45) is 1.56. The molecule has 1 aromatic carbocycles. The summed E-state index contributed by atoms with van der Waals surface area (Å²) in [5.41, 5.74) is 1.07. The van der Waals surface area contributed by atoms with Gasteiger partial charge in [-0.05, 0) is 11.6 Å². The van der Waals surface area contributed by atoms with E-state index in [1.54, 1.807) is 0 Å². The first-order valence-corrected chi connectivity index (χ1v) is 5.69. The van der Waals surface area contributed by atoms with Crippen molar-refractivity contribution in [3.63, 3.8) is 0 Å². The molecule has 1 amide bonds. The Labute approximate surface area is 103 Å². The molecular weight excluding hydrogens is 232 g/mol. The molecule has 0 bridgehead atoms. The van der Waals surface area contributed by atoms with E-state index < -0.39 is 6.10 Å². The average Bonchev–Trinajstić information content (AvgIpc) is 3.04. The fourth-order valence-electron chi connectivity index (χ4n) is 1.93. The van der Waals surface area contributed by atoms with E-state index in [-0.39, 0.29) is 5.91 Å². The monoisotopic (exact) mass is 244 g/mol. The van der Waals surface area contributed by atoms with Crippen LogP contribution in [0.2, 0.25) is 0 Å². The van der Waals surface area contributed by atoms with E-state index in [0.29, 0.717) is 18.8 Å². The molecule has 18 heavy (non-hydrogen) atoms. The van der Waals surface area contributed by atoms with Gasteiger partial charge in [-0.3, -0.25) is 9.89 Å². The highest BCUT2D eigenvalue weighted by Gasteiger charge is 2.28. The molecule has 1 atom stereocenters. The Bertz CT molecular complexity index is 528. The lowest BCUT2D eigenvalue weighted by molar-refractivity contribution is -0.127. The summed E-state index contributed by atoms with van der Waals surface area (Å²) in [5, 5.41) is 9.16. The van der Waals surface area contributed by atoms with Crippen LogP contribution in [0.15, 0.2) is 30.6 Å². The molecule has 2 N–H and O–H groups in total. The minimum Gasteiger partial charge on any atom is -0.480 e. The number of ether oxygens (including phenoxy) is 1. The number of amides is 1. The highest BCUT2D eigenvalue weighted by molar-refractivity contribution is 5.82. The molecule has 0 fully saturated rings. The number of nitrogens with zero attached hydrogens (tertiary/aromatic N) is 2. The number of aromatic amines is 1. The number of hydrogen-bond donors (Lipinski definition) is 2. The third-order valence-corrected chi connectivity index (χ3v) is 2.83. The van der Waals surface area contributed by atoms with E-state index in [4.69, 9.17) is 4.74 Å². The van der Waals surface area contributed by atoms with Crippen molar-refractivity contribution in [1.29, 1.82) is 0 Å². The number of benzene rings is 1. The Morgan fingerprint density at radius 1 is 1.50 bits per heavy atom. The summed E-state index contributed by atoms with van der Waals surface area (Å²) in [6.45, 7) is 0.328. The second kappa shape index (κ2) is 4.48. The second-order valence-corrected chi connectivity index (χ2v) is 4.07. The summed E-state index contributed by atoms with van der Waals surface area (Å²) in [7, 11) is 0.